The predicted molar refractivity (Wildman–Crippen MR) is 57.1 cm³/mol. The number of hydrogen-bond acceptors (Lipinski definition) is 1. The first-order chi connectivity index (χ1) is 6.07. The Bertz CT molecular complexity index is 181. The summed E-state index contributed by atoms with van der Waals surface area (Å²) in [5, 5.41) is 0. The normalized spacial score (nSPS) is 15.7. The summed E-state index contributed by atoms with van der Waals surface area (Å²) in [6.07, 6.45) is 4.69. The molecule has 0 amide bonds. The van der Waals surface area contributed by atoms with E-state index in [1.807, 2.05) is 12.2 Å². The smallest absolute Gasteiger partial charge is 0.0976 e. The van der Waals surface area contributed by atoms with E-state index >= 15 is 0 Å². The lowest BCUT2D eigenvalue weighted by molar-refractivity contribution is 0.343. The van der Waals surface area contributed by atoms with Gasteiger partial charge in [0, 0.05) is 12.8 Å². The summed E-state index contributed by atoms with van der Waals surface area (Å²) >= 11 is 0. The Kier molecular flexibility index (Phi) is 6.47. The van der Waals surface area contributed by atoms with Gasteiger partial charge < -0.3 is 0 Å². The Hall–Kier alpha value is -0.660. The van der Waals surface area contributed by atoms with Crippen molar-refractivity contribution in [3.63, 3.8) is 0 Å². The van der Waals surface area contributed by atoms with Gasteiger partial charge in [-0.25, -0.2) is 4.39 Å². The molecule has 1 nitrogen and oxygen atoms in total. The van der Waals surface area contributed by atoms with Crippen LogP contribution in [0.2, 0.25) is 0 Å². The number of halogens is 1. The van der Waals surface area contributed by atoms with Crippen LogP contribution in [0, 0.1) is 5.92 Å². The summed E-state index contributed by atoms with van der Waals surface area (Å²) in [5.74, 6) is 0.448. The molecule has 0 radical (unpaired) electrons. The minimum atomic E-state index is -0.703. The lowest BCUT2D eigenvalue weighted by Gasteiger charge is -2.03. The van der Waals surface area contributed by atoms with E-state index in [4.69, 9.17) is 0 Å². The van der Waals surface area contributed by atoms with Crippen molar-refractivity contribution in [3.05, 3.63) is 12.2 Å². The number of hydrogen-bond donors (Lipinski definition) is 0. The van der Waals surface area contributed by atoms with Crippen LogP contribution < -0.4 is 0 Å². The van der Waals surface area contributed by atoms with Gasteiger partial charge in [0.1, 0.15) is 0 Å². The van der Waals surface area contributed by atoms with Crippen molar-refractivity contribution in [2.75, 3.05) is 7.05 Å². The van der Waals surface area contributed by atoms with Gasteiger partial charge in [0.15, 0.2) is 0 Å². The van der Waals surface area contributed by atoms with Crippen molar-refractivity contribution in [2.24, 2.45) is 10.9 Å². The molecule has 0 aliphatic rings. The van der Waals surface area contributed by atoms with Crippen LogP contribution in [0.25, 0.3) is 0 Å². The monoisotopic (exact) mass is 185 g/mol. The number of alkyl halides is 1. The standard InChI is InChI=1S/C11H20FN/c1-9(2)11(13-4)8-6-5-7-10(3)12/h6,8-10H,5,7H2,1-4H3/b8-6-,13-11?. The van der Waals surface area contributed by atoms with Crippen molar-refractivity contribution in [1.29, 1.82) is 0 Å². The Morgan fingerprint density at radius 3 is 2.38 bits per heavy atom. The van der Waals surface area contributed by atoms with E-state index in [2.05, 4.69) is 18.8 Å². The lowest BCUT2D eigenvalue weighted by Crippen LogP contribution is -2.03. The van der Waals surface area contributed by atoms with Crippen LogP contribution in [-0.4, -0.2) is 18.9 Å². The third-order valence-corrected chi connectivity index (χ3v) is 1.87. The summed E-state index contributed by atoms with van der Waals surface area (Å²) in [7, 11) is 1.79. The lowest BCUT2D eigenvalue weighted by atomic mass is 10.1. The van der Waals surface area contributed by atoms with Gasteiger partial charge in [0.05, 0.1) is 6.17 Å². The van der Waals surface area contributed by atoms with E-state index in [1.165, 1.54) is 0 Å². The molecule has 0 aliphatic heterocycles. The summed E-state index contributed by atoms with van der Waals surface area (Å²) < 4.78 is 12.4. The first-order valence-electron chi connectivity index (χ1n) is 4.85. The van der Waals surface area contributed by atoms with Crippen LogP contribution in [0.5, 0.6) is 0 Å². The molecule has 0 aromatic rings. The summed E-state index contributed by atoms with van der Waals surface area (Å²) in [4.78, 5) is 4.14. The predicted octanol–water partition coefficient (Wildman–Crippen LogP) is 3.41. The maximum Gasteiger partial charge on any atom is 0.0976 e. The zero-order valence-corrected chi connectivity index (χ0v) is 9.05. The van der Waals surface area contributed by atoms with Crippen LogP contribution in [0.4, 0.5) is 4.39 Å². The molecule has 0 spiro atoms. The molecule has 13 heavy (non-hydrogen) atoms. The van der Waals surface area contributed by atoms with Gasteiger partial charge in [-0.15, -0.1) is 0 Å². The average molecular weight is 185 g/mol. The van der Waals surface area contributed by atoms with E-state index in [9.17, 15) is 4.39 Å². The molecule has 0 fully saturated rings. The van der Waals surface area contributed by atoms with E-state index in [0.29, 0.717) is 12.3 Å². The van der Waals surface area contributed by atoms with E-state index < -0.39 is 6.17 Å². The van der Waals surface area contributed by atoms with Crippen molar-refractivity contribution in [1.82, 2.24) is 0 Å². The van der Waals surface area contributed by atoms with E-state index in [-0.39, 0.29) is 0 Å². The fraction of sp³-hybridized carbons (Fsp3) is 0.727. The molecule has 0 heterocycles. The highest BCUT2D eigenvalue weighted by atomic mass is 19.1. The first-order valence-corrected chi connectivity index (χ1v) is 4.85. The molecule has 0 saturated heterocycles. The van der Waals surface area contributed by atoms with Gasteiger partial charge in [0.2, 0.25) is 0 Å². The largest absolute Gasteiger partial charge is 0.293 e. The van der Waals surface area contributed by atoms with Crippen molar-refractivity contribution in [2.45, 2.75) is 39.8 Å². The molecule has 1 atom stereocenters. The van der Waals surface area contributed by atoms with Crippen LogP contribution in [0.3, 0.4) is 0 Å². The van der Waals surface area contributed by atoms with Crippen LogP contribution in [0.15, 0.2) is 17.1 Å². The minimum Gasteiger partial charge on any atom is -0.293 e. The molecule has 0 saturated carbocycles. The maximum atomic E-state index is 12.4. The van der Waals surface area contributed by atoms with E-state index in [1.54, 1.807) is 14.0 Å². The zero-order valence-electron chi connectivity index (χ0n) is 9.05. The molecular weight excluding hydrogens is 165 g/mol. The molecule has 0 N–H and O–H groups in total. The van der Waals surface area contributed by atoms with Crippen molar-refractivity contribution < 1.29 is 4.39 Å². The van der Waals surface area contributed by atoms with Crippen molar-refractivity contribution in [3.8, 4) is 0 Å². The number of nitrogens with zero attached hydrogens (tertiary/aromatic N) is 1. The highest BCUT2D eigenvalue weighted by Crippen LogP contribution is 2.03. The molecule has 0 aromatic heterocycles. The maximum absolute atomic E-state index is 12.4. The van der Waals surface area contributed by atoms with Gasteiger partial charge in [0.25, 0.3) is 0 Å². The molecule has 0 rings (SSSR count). The Morgan fingerprint density at radius 2 is 2.00 bits per heavy atom. The van der Waals surface area contributed by atoms with Crippen LogP contribution in [-0.2, 0) is 0 Å². The third kappa shape index (κ3) is 6.50. The fourth-order valence-electron chi connectivity index (χ4n) is 1.06. The quantitative estimate of drug-likeness (QED) is 0.582. The zero-order chi connectivity index (χ0) is 10.3. The molecule has 2 heteroatoms. The second-order valence-corrected chi connectivity index (χ2v) is 3.56. The Morgan fingerprint density at radius 1 is 1.38 bits per heavy atom. The van der Waals surface area contributed by atoms with Crippen LogP contribution >= 0.6 is 0 Å². The fourth-order valence-corrected chi connectivity index (χ4v) is 1.06. The highest BCUT2D eigenvalue weighted by molar-refractivity contribution is 5.96. The van der Waals surface area contributed by atoms with Gasteiger partial charge >= 0.3 is 0 Å². The summed E-state index contributed by atoms with van der Waals surface area (Å²) in [6, 6.07) is 0. The molecule has 0 aliphatic carbocycles. The third-order valence-electron chi connectivity index (χ3n) is 1.87. The van der Waals surface area contributed by atoms with Gasteiger partial charge in [-0.2, -0.15) is 0 Å². The van der Waals surface area contributed by atoms with Gasteiger partial charge in [-0.1, -0.05) is 19.9 Å². The summed E-state index contributed by atoms with van der Waals surface area (Å²) in [5.41, 5.74) is 1.08. The molecule has 1 unspecified atom stereocenters. The number of aliphatic imine (C=N–C) groups is 1. The number of rotatable bonds is 5. The highest BCUT2D eigenvalue weighted by Gasteiger charge is 1.99. The Labute approximate surface area is 80.8 Å². The van der Waals surface area contributed by atoms with E-state index in [0.717, 1.165) is 12.1 Å². The van der Waals surface area contributed by atoms with Crippen molar-refractivity contribution >= 4 is 5.71 Å². The van der Waals surface area contributed by atoms with Gasteiger partial charge in [-0.3, -0.25) is 4.99 Å². The molecule has 0 bridgehead atoms. The topological polar surface area (TPSA) is 12.4 Å². The minimum absolute atomic E-state index is 0.448. The molecule has 76 valence electrons. The second-order valence-electron chi connectivity index (χ2n) is 3.56. The second kappa shape index (κ2) is 6.81. The molecule has 0 aromatic carbocycles. The average Bonchev–Trinajstić information content (AvgIpc) is 2.03. The first kappa shape index (κ1) is 12.3. The van der Waals surface area contributed by atoms with Gasteiger partial charge in [-0.05, 0) is 31.8 Å². The Balaban J connectivity index is 3.82. The summed E-state index contributed by atoms with van der Waals surface area (Å²) in [6.45, 7) is 5.79. The number of allylic oxidation sites excluding steroid dienone is 2. The van der Waals surface area contributed by atoms with Crippen LogP contribution in [0.1, 0.15) is 33.6 Å². The SMILES string of the molecule is CN=C(/C=C\CCC(C)F)C(C)C. The molecular formula is C11H20FN.